The summed E-state index contributed by atoms with van der Waals surface area (Å²) in [6.45, 7) is 4.17. The van der Waals surface area contributed by atoms with Crippen LogP contribution in [0.25, 0.3) is 0 Å². The minimum absolute atomic E-state index is 0.947. The van der Waals surface area contributed by atoms with Gasteiger partial charge in [0.2, 0.25) is 0 Å². The molecule has 2 rings (SSSR count). The molecule has 0 bridgehead atoms. The average Bonchev–Trinajstić information content (AvgIpc) is 2.35. The van der Waals surface area contributed by atoms with E-state index in [-0.39, 0.29) is 0 Å². The summed E-state index contributed by atoms with van der Waals surface area (Å²) in [4.78, 5) is 9.17. The molecule has 2 heterocycles. The summed E-state index contributed by atoms with van der Waals surface area (Å²) >= 11 is 4.57. The van der Waals surface area contributed by atoms with Gasteiger partial charge in [-0.3, -0.25) is 0 Å². The van der Waals surface area contributed by atoms with Crippen LogP contribution in [0.15, 0.2) is 24.3 Å². The molecule has 0 N–H and O–H groups in total. The van der Waals surface area contributed by atoms with Crippen molar-refractivity contribution in [2.45, 2.75) is 26.7 Å². The lowest BCUT2D eigenvalue weighted by Gasteiger charge is -2.05. The van der Waals surface area contributed by atoms with Crippen molar-refractivity contribution >= 4 is 45.2 Å². The van der Waals surface area contributed by atoms with Crippen molar-refractivity contribution in [1.82, 2.24) is 9.97 Å². The Kier molecular flexibility index (Phi) is 4.94. The van der Waals surface area contributed by atoms with Crippen molar-refractivity contribution in [3.8, 4) is 0 Å². The van der Waals surface area contributed by atoms with Gasteiger partial charge < -0.3 is 0 Å². The lowest BCUT2D eigenvalue weighted by Crippen LogP contribution is -2.00. The van der Waals surface area contributed by atoms with Crippen molar-refractivity contribution in [2.24, 2.45) is 0 Å². The smallest absolute Gasteiger partial charge is 0.104 e. The summed E-state index contributed by atoms with van der Waals surface area (Å²) in [5, 5.41) is 0. The van der Waals surface area contributed by atoms with Crippen molar-refractivity contribution in [1.29, 1.82) is 0 Å². The quantitative estimate of drug-likeness (QED) is 0.506. The number of nitrogens with zero attached hydrogens (tertiary/aromatic N) is 2. The Balaban J connectivity index is 2.06. The monoisotopic (exact) mass is 464 g/mol. The van der Waals surface area contributed by atoms with Crippen LogP contribution < -0.4 is 0 Å². The van der Waals surface area contributed by atoms with E-state index in [1.54, 1.807) is 0 Å². The van der Waals surface area contributed by atoms with E-state index in [2.05, 4.69) is 93.3 Å². The van der Waals surface area contributed by atoms with Gasteiger partial charge in [-0.2, -0.15) is 0 Å². The molecule has 2 aromatic rings. The number of hydrogen-bond donors (Lipinski definition) is 0. The second-order valence-electron chi connectivity index (χ2n) is 4.32. The third-order valence-corrected chi connectivity index (χ3v) is 5.01. The van der Waals surface area contributed by atoms with E-state index in [0.717, 1.165) is 31.6 Å². The number of rotatable bonds is 3. The number of hydrogen-bond acceptors (Lipinski definition) is 2. The molecule has 0 spiro atoms. The SMILES string of the molecule is Cc1ccc(CCc2ccc(C)c(I)n2)nc1I. The van der Waals surface area contributed by atoms with Gasteiger partial charge in [0.1, 0.15) is 7.40 Å². The van der Waals surface area contributed by atoms with Crippen LogP contribution in [-0.4, -0.2) is 9.97 Å². The predicted octanol–water partition coefficient (Wildman–Crippen LogP) is 4.09. The highest BCUT2D eigenvalue weighted by Crippen LogP contribution is 2.13. The first-order valence-corrected chi connectivity index (χ1v) is 7.96. The third-order valence-electron chi connectivity index (χ3n) is 2.82. The highest BCUT2D eigenvalue weighted by molar-refractivity contribution is 14.1. The first-order chi connectivity index (χ1) is 8.56. The van der Waals surface area contributed by atoms with Gasteiger partial charge in [-0.15, -0.1) is 0 Å². The molecule has 0 aliphatic heterocycles. The summed E-state index contributed by atoms with van der Waals surface area (Å²) in [5.74, 6) is 0. The highest BCUT2D eigenvalue weighted by Gasteiger charge is 2.03. The average molecular weight is 464 g/mol. The maximum absolute atomic E-state index is 4.58. The number of halogens is 2. The normalized spacial score (nSPS) is 10.7. The molecule has 94 valence electrons. The lowest BCUT2D eigenvalue weighted by atomic mass is 10.1. The molecule has 0 saturated heterocycles. The van der Waals surface area contributed by atoms with Crippen LogP contribution in [0.5, 0.6) is 0 Å². The molecule has 0 saturated carbocycles. The van der Waals surface area contributed by atoms with Gasteiger partial charge in [0.05, 0.1) is 0 Å². The molecule has 0 aromatic carbocycles. The molecule has 0 fully saturated rings. The molecule has 0 aliphatic carbocycles. The maximum atomic E-state index is 4.58. The Hall–Kier alpha value is -0.240. The lowest BCUT2D eigenvalue weighted by molar-refractivity contribution is 0.866. The highest BCUT2D eigenvalue weighted by atomic mass is 127. The van der Waals surface area contributed by atoms with Gasteiger partial charge in [-0.25, -0.2) is 9.97 Å². The number of aromatic nitrogens is 2. The largest absolute Gasteiger partial charge is 0.247 e. The second-order valence-corrected chi connectivity index (χ2v) is 6.36. The van der Waals surface area contributed by atoms with Gasteiger partial charge in [-0.1, -0.05) is 12.1 Å². The first kappa shape index (κ1) is 14.2. The first-order valence-electron chi connectivity index (χ1n) is 5.80. The van der Waals surface area contributed by atoms with Crippen LogP contribution in [0.1, 0.15) is 22.5 Å². The summed E-state index contributed by atoms with van der Waals surface area (Å²) < 4.78 is 2.19. The summed E-state index contributed by atoms with van der Waals surface area (Å²) in [5.41, 5.74) is 4.76. The molecule has 0 unspecified atom stereocenters. The van der Waals surface area contributed by atoms with Crippen molar-refractivity contribution in [3.05, 3.63) is 54.2 Å². The Morgan fingerprint density at radius 3 is 1.50 bits per heavy atom. The van der Waals surface area contributed by atoms with Crippen molar-refractivity contribution in [3.63, 3.8) is 0 Å². The van der Waals surface area contributed by atoms with Gasteiger partial charge in [0.25, 0.3) is 0 Å². The molecule has 0 radical (unpaired) electrons. The minimum atomic E-state index is 0.947. The molecule has 2 nitrogen and oxygen atoms in total. The fourth-order valence-electron chi connectivity index (χ4n) is 1.62. The van der Waals surface area contributed by atoms with E-state index in [9.17, 15) is 0 Å². The van der Waals surface area contributed by atoms with Gasteiger partial charge in [-0.05, 0) is 95.1 Å². The van der Waals surface area contributed by atoms with E-state index < -0.39 is 0 Å². The van der Waals surface area contributed by atoms with Crippen LogP contribution >= 0.6 is 45.2 Å². The number of pyridine rings is 2. The van der Waals surface area contributed by atoms with E-state index >= 15 is 0 Å². The molecule has 2 aromatic heterocycles. The standard InChI is InChI=1S/C14H14I2N2/c1-9-3-5-11(17-13(9)15)7-8-12-6-4-10(2)14(16)18-12/h3-6H,7-8H2,1-2H3. The summed E-state index contributed by atoms with van der Waals surface area (Å²) in [7, 11) is 0. The van der Waals surface area contributed by atoms with E-state index in [1.807, 2.05) is 0 Å². The number of aryl methyl sites for hydroxylation is 4. The predicted molar refractivity (Wildman–Crippen MR) is 90.8 cm³/mol. The third kappa shape index (κ3) is 3.63. The Morgan fingerprint density at radius 1 is 0.778 bits per heavy atom. The van der Waals surface area contributed by atoms with Crippen LogP contribution in [0.3, 0.4) is 0 Å². The maximum Gasteiger partial charge on any atom is 0.104 e. The fraction of sp³-hybridized carbons (Fsp3) is 0.286. The van der Waals surface area contributed by atoms with Crippen molar-refractivity contribution < 1.29 is 0 Å². The molecule has 0 amide bonds. The van der Waals surface area contributed by atoms with E-state index in [1.165, 1.54) is 11.1 Å². The van der Waals surface area contributed by atoms with Crippen LogP contribution in [-0.2, 0) is 12.8 Å². The summed E-state index contributed by atoms with van der Waals surface area (Å²) in [6.07, 6.45) is 1.89. The molecule has 4 heteroatoms. The van der Waals surface area contributed by atoms with E-state index in [0.29, 0.717) is 0 Å². The molecular formula is C14H14I2N2. The van der Waals surface area contributed by atoms with Crippen LogP contribution in [0, 0.1) is 21.2 Å². The van der Waals surface area contributed by atoms with Crippen LogP contribution in [0.4, 0.5) is 0 Å². The molecule has 0 atom stereocenters. The Bertz CT molecular complexity index is 516. The zero-order chi connectivity index (χ0) is 13.1. The van der Waals surface area contributed by atoms with Gasteiger partial charge in [0, 0.05) is 11.4 Å². The van der Waals surface area contributed by atoms with Crippen LogP contribution in [0.2, 0.25) is 0 Å². The summed E-state index contributed by atoms with van der Waals surface area (Å²) in [6, 6.07) is 8.49. The van der Waals surface area contributed by atoms with Gasteiger partial charge in [0.15, 0.2) is 0 Å². The molecule has 0 aliphatic rings. The Morgan fingerprint density at radius 2 is 1.17 bits per heavy atom. The Labute approximate surface area is 135 Å². The van der Waals surface area contributed by atoms with Gasteiger partial charge >= 0.3 is 0 Å². The molecular weight excluding hydrogens is 450 g/mol. The minimum Gasteiger partial charge on any atom is -0.247 e. The topological polar surface area (TPSA) is 25.8 Å². The van der Waals surface area contributed by atoms with Crippen molar-refractivity contribution in [2.75, 3.05) is 0 Å². The zero-order valence-electron chi connectivity index (χ0n) is 10.4. The fourth-order valence-corrected chi connectivity index (χ4v) is 2.60. The molecule has 18 heavy (non-hydrogen) atoms. The zero-order valence-corrected chi connectivity index (χ0v) is 14.7. The second kappa shape index (κ2) is 6.27. The van der Waals surface area contributed by atoms with E-state index in [4.69, 9.17) is 0 Å².